The van der Waals surface area contributed by atoms with Crippen molar-refractivity contribution in [2.45, 2.75) is 32.1 Å². The lowest BCUT2D eigenvalue weighted by atomic mass is 9.94. The minimum absolute atomic E-state index is 0.0197. The average Bonchev–Trinajstić information content (AvgIpc) is 2.98. The molecule has 0 saturated carbocycles. The zero-order chi connectivity index (χ0) is 18.0. The highest BCUT2D eigenvalue weighted by Crippen LogP contribution is 2.31. The number of fused-ring (bicyclic) bond motifs is 1. The number of halogens is 3. The molecule has 2 aromatic rings. The van der Waals surface area contributed by atoms with Crippen molar-refractivity contribution < 1.29 is 18.0 Å². The summed E-state index contributed by atoms with van der Waals surface area (Å²) in [7, 11) is 0. The van der Waals surface area contributed by atoms with Crippen molar-refractivity contribution in [3.63, 3.8) is 0 Å². The van der Waals surface area contributed by atoms with Crippen LogP contribution in [0.1, 0.15) is 33.7 Å². The largest absolute Gasteiger partial charge is 0.418 e. The molecule has 134 valence electrons. The summed E-state index contributed by atoms with van der Waals surface area (Å²) in [5.74, 6) is -0.321. The Morgan fingerprint density at radius 1 is 1.44 bits per heavy atom. The summed E-state index contributed by atoms with van der Waals surface area (Å²) >= 11 is 0. The van der Waals surface area contributed by atoms with Gasteiger partial charge in [0.25, 0.3) is 5.91 Å². The van der Waals surface area contributed by atoms with Crippen LogP contribution in [0.2, 0.25) is 0 Å². The molecule has 1 atom stereocenters. The number of nitrogens with zero attached hydrogens (tertiary/aromatic N) is 3. The first-order valence-corrected chi connectivity index (χ1v) is 7.92. The molecule has 3 heterocycles. The third kappa shape index (κ3) is 3.81. The van der Waals surface area contributed by atoms with E-state index in [-0.39, 0.29) is 18.2 Å². The summed E-state index contributed by atoms with van der Waals surface area (Å²) in [6, 6.07) is 2.31. The van der Waals surface area contributed by atoms with Crippen molar-refractivity contribution in [2.24, 2.45) is 11.7 Å². The number of primary amides is 1. The summed E-state index contributed by atoms with van der Waals surface area (Å²) in [6.07, 6.45) is -0.158. The number of nitrogens with two attached hydrogens (primary N) is 1. The van der Waals surface area contributed by atoms with Crippen LogP contribution in [0.3, 0.4) is 0 Å². The molecule has 0 fully saturated rings. The third-order valence-corrected chi connectivity index (χ3v) is 4.37. The van der Waals surface area contributed by atoms with Crippen molar-refractivity contribution in [1.82, 2.24) is 20.1 Å². The number of aromatic nitrogens is 3. The number of rotatable bonds is 5. The number of carbonyl (C=O) groups is 1. The standard InChI is InChI=1S/C16H18F3N5O/c17-16(18,19)12-2-1-4-22-13(12)9-21-7-10-3-5-24-14(6-10)11(8-23-24)15(20)25/h1-2,4,8,10,21H,3,5-7,9H2,(H2,20,25)/t10-/m1/s1. The highest BCUT2D eigenvalue weighted by molar-refractivity contribution is 5.93. The molecule has 0 aromatic carbocycles. The molecule has 6 nitrogen and oxygen atoms in total. The molecular weight excluding hydrogens is 335 g/mol. The second-order valence-corrected chi connectivity index (χ2v) is 6.08. The zero-order valence-corrected chi connectivity index (χ0v) is 13.4. The van der Waals surface area contributed by atoms with Crippen LogP contribution in [0.5, 0.6) is 0 Å². The number of pyridine rings is 1. The Morgan fingerprint density at radius 2 is 2.24 bits per heavy atom. The van der Waals surface area contributed by atoms with Gasteiger partial charge < -0.3 is 11.1 Å². The smallest absolute Gasteiger partial charge is 0.365 e. The molecule has 1 aliphatic heterocycles. The molecule has 0 bridgehead atoms. The Labute approximate surface area is 142 Å². The molecular formula is C16H18F3N5O. The predicted octanol–water partition coefficient (Wildman–Crippen LogP) is 1.75. The number of hydrogen-bond donors (Lipinski definition) is 2. The van der Waals surface area contributed by atoms with Gasteiger partial charge in [0.05, 0.1) is 28.7 Å². The fourth-order valence-electron chi connectivity index (χ4n) is 3.11. The molecule has 9 heteroatoms. The van der Waals surface area contributed by atoms with E-state index in [0.717, 1.165) is 18.2 Å². The Hall–Kier alpha value is -2.42. The molecule has 1 aliphatic rings. The van der Waals surface area contributed by atoms with Gasteiger partial charge in [-0.25, -0.2) is 0 Å². The van der Waals surface area contributed by atoms with E-state index in [0.29, 0.717) is 25.1 Å². The molecule has 3 N–H and O–H groups in total. The van der Waals surface area contributed by atoms with E-state index in [1.54, 1.807) is 4.68 Å². The van der Waals surface area contributed by atoms with Crippen LogP contribution in [-0.4, -0.2) is 27.2 Å². The van der Waals surface area contributed by atoms with Crippen LogP contribution in [-0.2, 0) is 25.7 Å². The Morgan fingerprint density at radius 3 is 2.96 bits per heavy atom. The fraction of sp³-hybridized carbons (Fsp3) is 0.438. The van der Waals surface area contributed by atoms with Crippen molar-refractivity contribution in [3.8, 4) is 0 Å². The van der Waals surface area contributed by atoms with Gasteiger partial charge in [0.2, 0.25) is 0 Å². The molecule has 0 spiro atoms. The highest BCUT2D eigenvalue weighted by Gasteiger charge is 2.33. The first-order chi connectivity index (χ1) is 11.9. The lowest BCUT2D eigenvalue weighted by molar-refractivity contribution is -0.138. The van der Waals surface area contributed by atoms with Crippen molar-refractivity contribution >= 4 is 5.91 Å². The summed E-state index contributed by atoms with van der Waals surface area (Å²) in [5, 5.41) is 7.19. The van der Waals surface area contributed by atoms with E-state index < -0.39 is 17.6 Å². The number of carbonyl (C=O) groups excluding carboxylic acids is 1. The normalized spacial score (nSPS) is 17.3. The van der Waals surface area contributed by atoms with Gasteiger partial charge in [-0.05, 0) is 37.4 Å². The van der Waals surface area contributed by atoms with Gasteiger partial charge in [0, 0.05) is 19.3 Å². The van der Waals surface area contributed by atoms with E-state index in [2.05, 4.69) is 15.4 Å². The maximum absolute atomic E-state index is 13.0. The van der Waals surface area contributed by atoms with Crippen LogP contribution in [0.15, 0.2) is 24.5 Å². The molecule has 0 radical (unpaired) electrons. The van der Waals surface area contributed by atoms with Gasteiger partial charge in [0.1, 0.15) is 0 Å². The molecule has 25 heavy (non-hydrogen) atoms. The van der Waals surface area contributed by atoms with Crippen LogP contribution in [0, 0.1) is 5.92 Å². The first-order valence-electron chi connectivity index (χ1n) is 7.92. The molecule has 1 amide bonds. The topological polar surface area (TPSA) is 85.8 Å². The summed E-state index contributed by atoms with van der Waals surface area (Å²) in [5.41, 5.74) is 5.80. The van der Waals surface area contributed by atoms with Crippen LogP contribution in [0.4, 0.5) is 13.2 Å². The van der Waals surface area contributed by atoms with Gasteiger partial charge in [-0.15, -0.1) is 0 Å². The zero-order valence-electron chi connectivity index (χ0n) is 13.4. The Kier molecular flexibility index (Phi) is 4.76. The van der Waals surface area contributed by atoms with Crippen LogP contribution in [0.25, 0.3) is 0 Å². The number of hydrogen-bond acceptors (Lipinski definition) is 4. The highest BCUT2D eigenvalue weighted by atomic mass is 19.4. The lowest BCUT2D eigenvalue weighted by Gasteiger charge is -2.24. The summed E-state index contributed by atoms with van der Waals surface area (Å²) in [6.45, 7) is 1.22. The first kappa shape index (κ1) is 17.4. The summed E-state index contributed by atoms with van der Waals surface area (Å²) in [4.78, 5) is 15.2. The second kappa shape index (κ2) is 6.83. The van der Waals surface area contributed by atoms with E-state index >= 15 is 0 Å². The minimum Gasteiger partial charge on any atom is -0.365 e. The fourth-order valence-corrected chi connectivity index (χ4v) is 3.11. The van der Waals surface area contributed by atoms with E-state index in [4.69, 9.17) is 5.73 Å². The van der Waals surface area contributed by atoms with Crippen molar-refractivity contribution in [3.05, 3.63) is 47.0 Å². The number of alkyl halides is 3. The average molecular weight is 353 g/mol. The summed E-state index contributed by atoms with van der Waals surface area (Å²) < 4.78 is 40.6. The molecule has 0 saturated heterocycles. The van der Waals surface area contributed by atoms with Crippen LogP contribution < -0.4 is 11.1 Å². The quantitative estimate of drug-likeness (QED) is 0.857. The molecule has 0 unspecified atom stereocenters. The number of aryl methyl sites for hydroxylation is 1. The van der Waals surface area contributed by atoms with E-state index in [1.807, 2.05) is 0 Å². The van der Waals surface area contributed by atoms with Gasteiger partial charge in [-0.2, -0.15) is 18.3 Å². The molecule has 0 aliphatic carbocycles. The van der Waals surface area contributed by atoms with Crippen molar-refractivity contribution in [1.29, 1.82) is 0 Å². The monoisotopic (exact) mass is 353 g/mol. The maximum Gasteiger partial charge on any atom is 0.418 e. The lowest BCUT2D eigenvalue weighted by Crippen LogP contribution is -2.31. The van der Waals surface area contributed by atoms with Gasteiger partial charge in [0.15, 0.2) is 0 Å². The second-order valence-electron chi connectivity index (χ2n) is 6.08. The van der Waals surface area contributed by atoms with Crippen LogP contribution >= 0.6 is 0 Å². The Bertz CT molecular complexity index is 771. The maximum atomic E-state index is 13.0. The van der Waals surface area contributed by atoms with Gasteiger partial charge in [-0.1, -0.05) is 0 Å². The number of nitrogens with one attached hydrogen (secondary N) is 1. The van der Waals surface area contributed by atoms with E-state index in [1.165, 1.54) is 18.5 Å². The molecule has 3 rings (SSSR count). The van der Waals surface area contributed by atoms with E-state index in [9.17, 15) is 18.0 Å². The van der Waals surface area contributed by atoms with Gasteiger partial charge >= 0.3 is 6.18 Å². The third-order valence-electron chi connectivity index (χ3n) is 4.37. The predicted molar refractivity (Wildman–Crippen MR) is 83.5 cm³/mol. The van der Waals surface area contributed by atoms with Crippen molar-refractivity contribution in [2.75, 3.05) is 6.54 Å². The SMILES string of the molecule is NC(=O)c1cnn2c1C[C@H](CNCc1ncccc1C(F)(F)F)CC2. The molecule has 2 aromatic heterocycles. The van der Waals surface area contributed by atoms with Gasteiger partial charge in [-0.3, -0.25) is 14.5 Å². The number of amides is 1. The Balaban J connectivity index is 1.61. The minimum atomic E-state index is -4.42.